The van der Waals surface area contributed by atoms with Gasteiger partial charge in [-0.25, -0.2) is 0 Å². The lowest BCUT2D eigenvalue weighted by molar-refractivity contribution is -0.130. The first-order chi connectivity index (χ1) is 12.7. The number of pyridine rings is 1. The molecule has 1 aromatic carbocycles. The van der Waals surface area contributed by atoms with Crippen molar-refractivity contribution in [3.63, 3.8) is 0 Å². The number of amides is 2. The number of benzene rings is 1. The normalized spacial score (nSPS) is 23.8. The van der Waals surface area contributed by atoms with Gasteiger partial charge in [-0.1, -0.05) is 36.4 Å². The van der Waals surface area contributed by atoms with Crippen molar-refractivity contribution in [2.45, 2.75) is 25.8 Å². The Kier molecular flexibility index (Phi) is 4.45. The van der Waals surface area contributed by atoms with Crippen LogP contribution in [0.2, 0.25) is 0 Å². The summed E-state index contributed by atoms with van der Waals surface area (Å²) >= 11 is 0. The largest absolute Gasteiger partial charge is 0.352 e. The minimum atomic E-state index is 0.00533. The molecule has 0 radical (unpaired) electrons. The van der Waals surface area contributed by atoms with Crippen LogP contribution < -0.4 is 5.32 Å². The Morgan fingerprint density at radius 1 is 1.15 bits per heavy atom. The fourth-order valence-electron chi connectivity index (χ4n) is 3.98. The van der Waals surface area contributed by atoms with Gasteiger partial charge in [0, 0.05) is 43.4 Å². The van der Waals surface area contributed by atoms with Gasteiger partial charge < -0.3 is 10.2 Å². The van der Waals surface area contributed by atoms with Gasteiger partial charge in [0.1, 0.15) is 0 Å². The first-order valence-electron chi connectivity index (χ1n) is 9.15. The van der Waals surface area contributed by atoms with E-state index in [0.717, 1.165) is 30.5 Å². The van der Waals surface area contributed by atoms with Crippen molar-refractivity contribution in [3.8, 4) is 0 Å². The highest BCUT2D eigenvalue weighted by molar-refractivity contribution is 5.84. The van der Waals surface area contributed by atoms with Gasteiger partial charge in [-0.3, -0.25) is 14.6 Å². The number of carbonyl (C=O) groups excluding carboxylic acids is 2. The van der Waals surface area contributed by atoms with E-state index in [4.69, 9.17) is 0 Å². The van der Waals surface area contributed by atoms with Crippen LogP contribution >= 0.6 is 0 Å². The third-order valence-electron chi connectivity index (χ3n) is 5.63. The van der Waals surface area contributed by atoms with Crippen LogP contribution in [0.1, 0.15) is 24.0 Å². The van der Waals surface area contributed by atoms with Crippen molar-refractivity contribution in [1.82, 2.24) is 15.2 Å². The molecule has 1 saturated carbocycles. The smallest absolute Gasteiger partial charge is 0.227 e. The van der Waals surface area contributed by atoms with E-state index in [2.05, 4.69) is 10.3 Å². The van der Waals surface area contributed by atoms with E-state index >= 15 is 0 Å². The van der Waals surface area contributed by atoms with Crippen molar-refractivity contribution in [1.29, 1.82) is 0 Å². The fourth-order valence-corrected chi connectivity index (χ4v) is 3.98. The molecule has 1 spiro atoms. The van der Waals surface area contributed by atoms with Gasteiger partial charge in [-0.05, 0) is 30.0 Å². The summed E-state index contributed by atoms with van der Waals surface area (Å²) in [7, 11) is 0. The Labute approximate surface area is 153 Å². The molecular weight excluding hydrogens is 326 g/mol. The lowest BCUT2D eigenvalue weighted by atomic mass is 10.0. The van der Waals surface area contributed by atoms with Crippen LogP contribution in [0.5, 0.6) is 0 Å². The molecule has 5 heteroatoms. The standard InChI is InChI=1S/C21H23N3O2/c25-19(11-16-5-2-1-3-6-16)24-10-8-21(15-24)12-18(21)20(26)23-14-17-7-4-9-22-13-17/h1-7,9,13,18H,8,10-12,14-15H2,(H,23,26)/t18-,21+/m0/s1. The van der Waals surface area contributed by atoms with Crippen LogP contribution in [0.3, 0.4) is 0 Å². The van der Waals surface area contributed by atoms with E-state index in [1.165, 1.54) is 0 Å². The summed E-state index contributed by atoms with van der Waals surface area (Å²) in [6.07, 6.45) is 5.75. The highest BCUT2D eigenvalue weighted by atomic mass is 16.2. The molecule has 2 aliphatic rings. The summed E-state index contributed by atoms with van der Waals surface area (Å²) in [4.78, 5) is 31.0. The molecular formula is C21H23N3O2. The van der Waals surface area contributed by atoms with Gasteiger partial charge in [0.05, 0.1) is 6.42 Å². The Morgan fingerprint density at radius 2 is 1.96 bits per heavy atom. The van der Waals surface area contributed by atoms with Crippen LogP contribution in [0.4, 0.5) is 0 Å². The number of nitrogens with zero attached hydrogens (tertiary/aromatic N) is 2. The predicted molar refractivity (Wildman–Crippen MR) is 98.0 cm³/mol. The maximum absolute atomic E-state index is 12.5. The van der Waals surface area contributed by atoms with Crippen molar-refractivity contribution in [2.24, 2.45) is 11.3 Å². The van der Waals surface area contributed by atoms with Crippen LogP contribution in [-0.2, 0) is 22.6 Å². The first-order valence-corrected chi connectivity index (χ1v) is 9.15. The maximum Gasteiger partial charge on any atom is 0.227 e. The van der Waals surface area contributed by atoms with Gasteiger partial charge in [0.2, 0.25) is 11.8 Å². The fraction of sp³-hybridized carbons (Fsp3) is 0.381. The Bertz CT molecular complexity index is 793. The highest BCUT2D eigenvalue weighted by Crippen LogP contribution is 2.58. The van der Waals surface area contributed by atoms with Crippen molar-refractivity contribution >= 4 is 11.8 Å². The number of aromatic nitrogens is 1. The van der Waals surface area contributed by atoms with Crippen molar-refractivity contribution in [3.05, 3.63) is 66.0 Å². The minimum absolute atomic E-state index is 0.00533. The minimum Gasteiger partial charge on any atom is -0.352 e. The Morgan fingerprint density at radius 3 is 2.73 bits per heavy atom. The zero-order valence-electron chi connectivity index (χ0n) is 14.7. The SMILES string of the molecule is O=C(NCc1cccnc1)[C@@H]1C[C@@]12CCN(C(=O)Cc1ccccc1)C2. The molecule has 2 amide bonds. The van der Waals surface area contributed by atoms with Crippen LogP contribution in [0, 0.1) is 11.3 Å². The summed E-state index contributed by atoms with van der Waals surface area (Å²) in [5, 5.41) is 3.01. The van der Waals surface area contributed by atoms with Crippen LogP contribution in [0.15, 0.2) is 54.9 Å². The average Bonchev–Trinajstić information content (AvgIpc) is 3.21. The lowest BCUT2D eigenvalue weighted by Gasteiger charge is -2.17. The molecule has 2 atom stereocenters. The molecule has 1 saturated heterocycles. The summed E-state index contributed by atoms with van der Waals surface area (Å²) in [6.45, 7) is 1.98. The van der Waals surface area contributed by atoms with Gasteiger partial charge in [-0.2, -0.15) is 0 Å². The number of hydrogen-bond donors (Lipinski definition) is 1. The van der Waals surface area contributed by atoms with Gasteiger partial charge >= 0.3 is 0 Å². The highest BCUT2D eigenvalue weighted by Gasteiger charge is 2.61. The van der Waals surface area contributed by atoms with E-state index in [1.54, 1.807) is 12.4 Å². The molecule has 4 rings (SSSR count). The summed E-state index contributed by atoms with van der Waals surface area (Å²) in [5.74, 6) is 0.300. The number of carbonyl (C=O) groups is 2. The molecule has 134 valence electrons. The monoisotopic (exact) mass is 349 g/mol. The van der Waals surface area contributed by atoms with E-state index < -0.39 is 0 Å². The predicted octanol–water partition coefficient (Wildman–Crippen LogP) is 2.18. The zero-order chi connectivity index (χ0) is 18.0. The van der Waals surface area contributed by atoms with E-state index in [-0.39, 0.29) is 23.1 Å². The zero-order valence-corrected chi connectivity index (χ0v) is 14.7. The summed E-state index contributed by atoms with van der Waals surface area (Å²) in [5.41, 5.74) is 2.05. The molecule has 26 heavy (non-hydrogen) atoms. The molecule has 1 N–H and O–H groups in total. The van der Waals surface area contributed by atoms with Crippen LogP contribution in [-0.4, -0.2) is 34.8 Å². The molecule has 2 heterocycles. The number of nitrogens with one attached hydrogen (secondary N) is 1. The van der Waals surface area contributed by atoms with Crippen LogP contribution in [0.25, 0.3) is 0 Å². The molecule has 1 aliphatic heterocycles. The summed E-state index contributed by atoms with van der Waals surface area (Å²) < 4.78 is 0. The quantitative estimate of drug-likeness (QED) is 0.900. The second kappa shape index (κ2) is 6.90. The van der Waals surface area contributed by atoms with E-state index in [0.29, 0.717) is 19.5 Å². The molecule has 0 bridgehead atoms. The second-order valence-corrected chi connectivity index (χ2v) is 7.43. The number of likely N-dealkylation sites (tertiary alicyclic amines) is 1. The van der Waals surface area contributed by atoms with Gasteiger partial charge in [0.25, 0.3) is 0 Å². The Balaban J connectivity index is 1.28. The molecule has 5 nitrogen and oxygen atoms in total. The Hall–Kier alpha value is -2.69. The number of hydrogen-bond acceptors (Lipinski definition) is 3. The molecule has 2 aromatic rings. The number of rotatable bonds is 5. The first kappa shape index (κ1) is 16.8. The third-order valence-corrected chi connectivity index (χ3v) is 5.63. The van der Waals surface area contributed by atoms with Crippen molar-refractivity contribution < 1.29 is 9.59 Å². The average molecular weight is 349 g/mol. The van der Waals surface area contributed by atoms with Gasteiger partial charge in [-0.15, -0.1) is 0 Å². The topological polar surface area (TPSA) is 62.3 Å². The molecule has 2 fully saturated rings. The molecule has 1 aliphatic carbocycles. The summed E-state index contributed by atoms with van der Waals surface area (Å²) in [6, 6.07) is 13.7. The van der Waals surface area contributed by atoms with E-state index in [1.807, 2.05) is 47.4 Å². The molecule has 0 unspecified atom stereocenters. The molecule has 1 aromatic heterocycles. The second-order valence-electron chi connectivity index (χ2n) is 7.43. The van der Waals surface area contributed by atoms with Gasteiger partial charge in [0.15, 0.2) is 0 Å². The lowest BCUT2D eigenvalue weighted by Crippen LogP contribution is -2.32. The van der Waals surface area contributed by atoms with Crippen molar-refractivity contribution in [2.75, 3.05) is 13.1 Å². The third kappa shape index (κ3) is 3.47. The maximum atomic E-state index is 12.5. The van der Waals surface area contributed by atoms with E-state index in [9.17, 15) is 9.59 Å².